The second-order valence-electron chi connectivity index (χ2n) is 6.77. The van der Waals surface area contributed by atoms with Crippen LogP contribution in [0.5, 0.6) is 5.75 Å². The molecule has 0 bridgehead atoms. The van der Waals surface area contributed by atoms with E-state index in [0.717, 1.165) is 11.1 Å². The van der Waals surface area contributed by atoms with Crippen molar-refractivity contribution >= 4 is 29.9 Å². The van der Waals surface area contributed by atoms with Crippen LogP contribution in [0.4, 0.5) is 5.69 Å². The summed E-state index contributed by atoms with van der Waals surface area (Å²) in [6.45, 7) is 3.81. The molecule has 3 rings (SSSR count). The average molecular weight is 404 g/mol. The van der Waals surface area contributed by atoms with Crippen molar-refractivity contribution < 1.29 is 14.3 Å². The Balaban J connectivity index is 0.00000280. The molecule has 0 radical (unpaired) electrons. The lowest BCUT2D eigenvalue weighted by Crippen LogP contribution is -2.36. The summed E-state index contributed by atoms with van der Waals surface area (Å²) in [4.78, 5) is 24.2. The van der Waals surface area contributed by atoms with Gasteiger partial charge >= 0.3 is 0 Å². The van der Waals surface area contributed by atoms with E-state index in [2.05, 4.69) is 10.6 Å². The number of benzene rings is 2. The minimum atomic E-state index is -0.485. The fourth-order valence-electron chi connectivity index (χ4n) is 3.10. The van der Waals surface area contributed by atoms with Crippen LogP contribution in [-0.2, 0) is 9.59 Å². The molecule has 4 N–H and O–H groups in total. The summed E-state index contributed by atoms with van der Waals surface area (Å²) < 4.78 is 5.77. The molecule has 0 saturated carbocycles. The Morgan fingerprint density at radius 2 is 1.93 bits per heavy atom. The lowest BCUT2D eigenvalue weighted by molar-refractivity contribution is -0.123. The Labute approximate surface area is 171 Å². The zero-order chi connectivity index (χ0) is 19.4. The molecule has 2 aromatic carbocycles. The lowest BCUT2D eigenvalue weighted by atomic mass is 10.0. The maximum absolute atomic E-state index is 12.4. The summed E-state index contributed by atoms with van der Waals surface area (Å²) in [6.07, 6.45) is 0.324. The molecule has 0 aliphatic carbocycles. The molecule has 3 atom stereocenters. The predicted octanol–water partition coefficient (Wildman–Crippen LogP) is 3.49. The summed E-state index contributed by atoms with van der Waals surface area (Å²) >= 11 is 0. The number of rotatable bonds is 6. The minimum absolute atomic E-state index is 0. The van der Waals surface area contributed by atoms with Crippen LogP contribution in [-0.4, -0.2) is 17.9 Å². The third kappa shape index (κ3) is 5.03. The smallest absolute Gasteiger partial charge is 0.265 e. The molecule has 0 fully saturated rings. The lowest BCUT2D eigenvalue weighted by Gasteiger charge is -2.26. The fraction of sp³-hybridized carbons (Fsp3) is 0.333. The molecule has 6 nitrogen and oxygen atoms in total. The molecule has 0 spiro atoms. The van der Waals surface area contributed by atoms with Gasteiger partial charge in [0.2, 0.25) is 5.91 Å². The Bertz CT molecular complexity index is 829. The first-order valence-electron chi connectivity index (χ1n) is 9.19. The fourth-order valence-corrected chi connectivity index (χ4v) is 3.10. The van der Waals surface area contributed by atoms with Crippen molar-refractivity contribution in [2.45, 2.75) is 44.9 Å². The number of halogens is 1. The maximum Gasteiger partial charge on any atom is 0.265 e. The van der Waals surface area contributed by atoms with Crippen molar-refractivity contribution in [3.05, 3.63) is 59.7 Å². The van der Waals surface area contributed by atoms with Crippen LogP contribution in [0.25, 0.3) is 0 Å². The SMILES string of the molecule is CCC1Oc2cc(C(C)NC(=O)CC(N)c3ccccc3)ccc2NC1=O.Cl. The van der Waals surface area contributed by atoms with Crippen molar-refractivity contribution in [1.82, 2.24) is 5.32 Å². The van der Waals surface area contributed by atoms with Crippen LogP contribution in [0.2, 0.25) is 0 Å². The summed E-state index contributed by atoms with van der Waals surface area (Å²) in [5.41, 5.74) is 8.61. The molecule has 3 unspecified atom stereocenters. The minimum Gasteiger partial charge on any atom is -0.478 e. The topological polar surface area (TPSA) is 93.4 Å². The normalized spacial score (nSPS) is 17.2. The van der Waals surface area contributed by atoms with Gasteiger partial charge < -0.3 is 21.1 Å². The molecule has 7 heteroatoms. The number of amides is 2. The largest absolute Gasteiger partial charge is 0.478 e. The van der Waals surface area contributed by atoms with Gasteiger partial charge in [-0.25, -0.2) is 0 Å². The highest BCUT2D eigenvalue weighted by molar-refractivity contribution is 5.97. The molecule has 2 amide bonds. The number of anilines is 1. The van der Waals surface area contributed by atoms with Crippen LogP contribution < -0.4 is 21.1 Å². The highest BCUT2D eigenvalue weighted by Gasteiger charge is 2.26. The molecule has 1 aliphatic rings. The van der Waals surface area contributed by atoms with Crippen LogP contribution in [0, 0.1) is 0 Å². The molecule has 28 heavy (non-hydrogen) atoms. The average Bonchev–Trinajstić information content (AvgIpc) is 2.67. The number of nitrogens with two attached hydrogens (primary N) is 1. The summed E-state index contributed by atoms with van der Waals surface area (Å²) in [5.74, 6) is 0.382. The molecule has 0 saturated heterocycles. The van der Waals surface area contributed by atoms with Gasteiger partial charge in [0.1, 0.15) is 5.75 Å². The van der Waals surface area contributed by atoms with Gasteiger partial charge in [-0.15, -0.1) is 12.4 Å². The summed E-state index contributed by atoms with van der Waals surface area (Å²) in [7, 11) is 0. The molecule has 1 heterocycles. The van der Waals surface area contributed by atoms with E-state index in [1.165, 1.54) is 0 Å². The van der Waals surface area contributed by atoms with Gasteiger partial charge in [-0.1, -0.05) is 43.3 Å². The first-order valence-corrected chi connectivity index (χ1v) is 9.19. The first-order chi connectivity index (χ1) is 13.0. The zero-order valence-electron chi connectivity index (χ0n) is 16.0. The van der Waals surface area contributed by atoms with Crippen molar-refractivity contribution in [3.8, 4) is 5.75 Å². The van der Waals surface area contributed by atoms with Gasteiger partial charge in [0.25, 0.3) is 5.91 Å². The Hall–Kier alpha value is -2.57. The number of ether oxygens (including phenoxy) is 1. The number of hydrogen-bond acceptors (Lipinski definition) is 4. The molecule has 150 valence electrons. The number of nitrogens with one attached hydrogen (secondary N) is 2. The van der Waals surface area contributed by atoms with Gasteiger partial charge in [0, 0.05) is 12.5 Å². The van der Waals surface area contributed by atoms with Gasteiger partial charge in [-0.3, -0.25) is 9.59 Å². The van der Waals surface area contributed by atoms with Crippen LogP contribution in [0.15, 0.2) is 48.5 Å². The number of carbonyl (C=O) groups is 2. The number of carbonyl (C=O) groups excluding carboxylic acids is 2. The van der Waals surface area contributed by atoms with E-state index in [1.807, 2.05) is 56.3 Å². The van der Waals surface area contributed by atoms with E-state index in [1.54, 1.807) is 6.07 Å². The van der Waals surface area contributed by atoms with E-state index in [9.17, 15) is 9.59 Å². The first kappa shape index (κ1) is 21.7. The molecule has 2 aromatic rings. The number of fused-ring (bicyclic) bond motifs is 1. The predicted molar refractivity (Wildman–Crippen MR) is 112 cm³/mol. The van der Waals surface area contributed by atoms with Crippen molar-refractivity contribution in [1.29, 1.82) is 0 Å². The highest BCUT2D eigenvalue weighted by Crippen LogP contribution is 2.33. The second kappa shape index (κ2) is 9.57. The third-order valence-electron chi connectivity index (χ3n) is 4.71. The van der Waals surface area contributed by atoms with Crippen LogP contribution in [0.3, 0.4) is 0 Å². The summed E-state index contributed by atoms with van der Waals surface area (Å²) in [5, 5.41) is 5.82. The van der Waals surface area contributed by atoms with E-state index in [0.29, 0.717) is 17.9 Å². The third-order valence-corrected chi connectivity index (χ3v) is 4.71. The van der Waals surface area contributed by atoms with Gasteiger partial charge in [-0.2, -0.15) is 0 Å². The van der Waals surface area contributed by atoms with E-state index < -0.39 is 6.10 Å². The molecule has 1 aliphatic heterocycles. The van der Waals surface area contributed by atoms with E-state index in [-0.39, 0.29) is 42.7 Å². The molecule has 0 aromatic heterocycles. The Kier molecular flexibility index (Phi) is 7.43. The van der Waals surface area contributed by atoms with Crippen LogP contribution >= 0.6 is 12.4 Å². The molecular weight excluding hydrogens is 378 g/mol. The Morgan fingerprint density at radius 3 is 2.61 bits per heavy atom. The maximum atomic E-state index is 12.4. The second-order valence-corrected chi connectivity index (χ2v) is 6.77. The summed E-state index contributed by atoms with van der Waals surface area (Å²) in [6, 6.07) is 14.6. The Morgan fingerprint density at radius 1 is 1.21 bits per heavy atom. The highest BCUT2D eigenvalue weighted by atomic mass is 35.5. The van der Waals surface area contributed by atoms with Gasteiger partial charge in [0.15, 0.2) is 6.10 Å². The van der Waals surface area contributed by atoms with Crippen molar-refractivity contribution in [2.24, 2.45) is 5.73 Å². The standard InChI is InChI=1S/C21H25N3O3.ClH/c1-3-18-21(26)24-17-10-9-15(11-19(17)27-18)13(2)23-20(25)12-16(22)14-7-5-4-6-8-14;/h4-11,13,16,18H,3,12,22H2,1-2H3,(H,23,25)(H,24,26);1H. The van der Waals surface area contributed by atoms with Gasteiger partial charge in [0.05, 0.1) is 11.7 Å². The zero-order valence-corrected chi connectivity index (χ0v) is 16.8. The number of hydrogen-bond donors (Lipinski definition) is 3. The van der Waals surface area contributed by atoms with Crippen molar-refractivity contribution in [3.63, 3.8) is 0 Å². The van der Waals surface area contributed by atoms with Crippen molar-refractivity contribution in [2.75, 3.05) is 5.32 Å². The monoisotopic (exact) mass is 403 g/mol. The van der Waals surface area contributed by atoms with E-state index in [4.69, 9.17) is 10.5 Å². The van der Waals surface area contributed by atoms with Gasteiger partial charge in [-0.05, 0) is 36.6 Å². The van der Waals surface area contributed by atoms with Crippen LogP contribution in [0.1, 0.15) is 49.9 Å². The quantitative estimate of drug-likeness (QED) is 0.688. The van der Waals surface area contributed by atoms with E-state index >= 15 is 0 Å². The molecular formula is C21H26ClN3O3.